The topological polar surface area (TPSA) is 103 Å². The summed E-state index contributed by atoms with van der Waals surface area (Å²) in [7, 11) is 2.96. The van der Waals surface area contributed by atoms with E-state index in [0.29, 0.717) is 19.8 Å². The van der Waals surface area contributed by atoms with Crippen molar-refractivity contribution in [2.75, 3.05) is 32.8 Å². The van der Waals surface area contributed by atoms with Gasteiger partial charge in [0.1, 0.15) is 6.54 Å². The Bertz CT molecular complexity index is 1190. The second-order valence-electron chi connectivity index (χ2n) is 7.69. The number of carbonyl (C=O) groups excluding carboxylic acids is 1. The van der Waals surface area contributed by atoms with Crippen LogP contribution in [0.15, 0.2) is 46.2 Å². The molecule has 0 aliphatic carbocycles. The lowest BCUT2D eigenvalue weighted by molar-refractivity contribution is -0.122. The third-order valence-corrected chi connectivity index (χ3v) is 5.61. The molecule has 1 N–H and O–H groups in total. The summed E-state index contributed by atoms with van der Waals surface area (Å²) in [5.41, 5.74) is 0.562. The van der Waals surface area contributed by atoms with Crippen molar-refractivity contribution in [2.45, 2.75) is 12.6 Å². The molecule has 0 radical (unpaired) electrons. The van der Waals surface area contributed by atoms with Crippen LogP contribution in [0.2, 0.25) is 0 Å². The predicted molar refractivity (Wildman–Crippen MR) is 115 cm³/mol. The van der Waals surface area contributed by atoms with E-state index in [1.165, 1.54) is 22.5 Å². The van der Waals surface area contributed by atoms with Gasteiger partial charge in [-0.2, -0.15) is 0 Å². The minimum absolute atomic E-state index is 0.0730. The molecule has 1 aromatic carbocycles. The maximum atomic E-state index is 12.9. The van der Waals surface area contributed by atoms with E-state index in [1.54, 1.807) is 7.05 Å². The highest BCUT2D eigenvalue weighted by atomic mass is 16.5. The van der Waals surface area contributed by atoms with Gasteiger partial charge >= 0.3 is 5.69 Å². The van der Waals surface area contributed by atoms with Gasteiger partial charge in [-0.1, -0.05) is 30.3 Å². The molecule has 1 aliphatic heterocycles. The summed E-state index contributed by atoms with van der Waals surface area (Å²) in [5.74, 6) is -0.239. The normalized spacial score (nSPS) is 15.8. The first-order chi connectivity index (χ1) is 15.0. The summed E-state index contributed by atoms with van der Waals surface area (Å²) in [6.07, 6.45) is 1.42. The molecule has 0 bridgehead atoms. The fraction of sp³-hybridized carbons (Fsp3) is 0.429. The maximum Gasteiger partial charge on any atom is 0.332 e. The number of nitrogens with one attached hydrogen (secondary N) is 1. The molecule has 164 valence electrons. The molecule has 0 spiro atoms. The van der Waals surface area contributed by atoms with E-state index in [9.17, 15) is 14.4 Å². The summed E-state index contributed by atoms with van der Waals surface area (Å²) < 4.78 is 9.23. The van der Waals surface area contributed by atoms with Crippen molar-refractivity contribution in [2.24, 2.45) is 14.1 Å². The van der Waals surface area contributed by atoms with Gasteiger partial charge in [-0.25, -0.2) is 9.78 Å². The lowest BCUT2D eigenvalue weighted by atomic mass is 10.1. The number of benzene rings is 1. The number of ether oxygens (including phenoxy) is 1. The standard InChI is InChI=1S/C21H26N6O4/c1-24-19-18(20(29)25(2)21(24)30)27(14-22-19)13-17(28)23-16(15-6-4-3-5-7-15)12-26-8-10-31-11-9-26/h3-7,14,16H,8-13H2,1-2H3,(H,23,28). The molecule has 1 fully saturated rings. The molecular formula is C21H26N6O4. The molecule has 0 saturated carbocycles. The van der Waals surface area contributed by atoms with Crippen LogP contribution < -0.4 is 16.6 Å². The lowest BCUT2D eigenvalue weighted by Gasteiger charge is -2.31. The van der Waals surface area contributed by atoms with Crippen LogP contribution in [0.1, 0.15) is 11.6 Å². The number of aromatic nitrogens is 4. The van der Waals surface area contributed by atoms with E-state index in [4.69, 9.17) is 4.74 Å². The highest BCUT2D eigenvalue weighted by Gasteiger charge is 2.21. The predicted octanol–water partition coefficient (Wildman–Crippen LogP) is -0.377. The molecule has 1 unspecified atom stereocenters. The Kier molecular flexibility index (Phi) is 6.01. The molecular weight excluding hydrogens is 400 g/mol. The minimum Gasteiger partial charge on any atom is -0.379 e. The first-order valence-electron chi connectivity index (χ1n) is 10.2. The van der Waals surface area contributed by atoms with Gasteiger partial charge in [-0.15, -0.1) is 0 Å². The zero-order valence-electron chi connectivity index (χ0n) is 17.7. The summed E-state index contributed by atoms with van der Waals surface area (Å²) in [4.78, 5) is 44.1. The van der Waals surface area contributed by atoms with E-state index in [0.717, 1.165) is 23.2 Å². The van der Waals surface area contributed by atoms with Crippen LogP contribution in [0.3, 0.4) is 0 Å². The van der Waals surface area contributed by atoms with E-state index in [1.807, 2.05) is 30.3 Å². The van der Waals surface area contributed by atoms with E-state index >= 15 is 0 Å². The van der Waals surface area contributed by atoms with Crippen molar-refractivity contribution in [3.8, 4) is 0 Å². The quantitative estimate of drug-likeness (QED) is 0.577. The maximum absolute atomic E-state index is 12.9. The molecule has 10 nitrogen and oxygen atoms in total. The molecule has 1 atom stereocenters. The molecule has 1 amide bonds. The Morgan fingerprint density at radius 2 is 1.84 bits per heavy atom. The van der Waals surface area contributed by atoms with Crippen molar-refractivity contribution in [1.82, 2.24) is 28.9 Å². The van der Waals surface area contributed by atoms with Gasteiger partial charge in [0.15, 0.2) is 11.2 Å². The highest BCUT2D eigenvalue weighted by molar-refractivity contribution is 5.79. The first-order valence-corrected chi connectivity index (χ1v) is 10.2. The van der Waals surface area contributed by atoms with Gasteiger partial charge in [0, 0.05) is 33.7 Å². The number of carbonyl (C=O) groups is 1. The Morgan fingerprint density at radius 3 is 2.55 bits per heavy atom. The van der Waals surface area contributed by atoms with Crippen molar-refractivity contribution in [1.29, 1.82) is 0 Å². The van der Waals surface area contributed by atoms with Crippen molar-refractivity contribution in [3.05, 3.63) is 63.1 Å². The zero-order chi connectivity index (χ0) is 22.0. The molecule has 10 heteroatoms. The van der Waals surface area contributed by atoms with Crippen LogP contribution in [0, 0.1) is 0 Å². The monoisotopic (exact) mass is 426 g/mol. The van der Waals surface area contributed by atoms with Crippen molar-refractivity contribution < 1.29 is 9.53 Å². The van der Waals surface area contributed by atoms with E-state index < -0.39 is 11.2 Å². The van der Waals surface area contributed by atoms with Crippen LogP contribution >= 0.6 is 0 Å². The highest BCUT2D eigenvalue weighted by Crippen LogP contribution is 2.16. The number of hydrogen-bond acceptors (Lipinski definition) is 6. The fourth-order valence-corrected chi connectivity index (χ4v) is 3.87. The fourth-order valence-electron chi connectivity index (χ4n) is 3.87. The van der Waals surface area contributed by atoms with Gasteiger partial charge in [-0.3, -0.25) is 23.6 Å². The Morgan fingerprint density at radius 1 is 1.13 bits per heavy atom. The molecule has 31 heavy (non-hydrogen) atoms. The van der Waals surface area contributed by atoms with Crippen LogP contribution in [0.5, 0.6) is 0 Å². The number of morpholine rings is 1. The van der Waals surface area contributed by atoms with Gasteiger partial charge in [-0.05, 0) is 5.56 Å². The van der Waals surface area contributed by atoms with Crippen molar-refractivity contribution >= 4 is 17.1 Å². The number of amides is 1. The molecule has 3 heterocycles. The first kappa shape index (κ1) is 21.0. The third kappa shape index (κ3) is 4.30. The summed E-state index contributed by atoms with van der Waals surface area (Å²) in [6, 6.07) is 9.61. The zero-order valence-corrected chi connectivity index (χ0v) is 17.7. The number of aryl methyl sites for hydroxylation is 1. The number of imidazole rings is 1. The second kappa shape index (κ2) is 8.86. The number of fused-ring (bicyclic) bond motifs is 1. The Balaban J connectivity index is 1.57. The average Bonchev–Trinajstić information content (AvgIpc) is 3.20. The smallest absolute Gasteiger partial charge is 0.332 e. The minimum atomic E-state index is -0.476. The molecule has 3 aromatic rings. The molecule has 1 saturated heterocycles. The Hall–Kier alpha value is -3.24. The summed E-state index contributed by atoms with van der Waals surface area (Å²) in [6.45, 7) is 3.58. The van der Waals surface area contributed by atoms with E-state index in [2.05, 4.69) is 15.2 Å². The van der Waals surface area contributed by atoms with Crippen LogP contribution in [-0.4, -0.2) is 62.3 Å². The van der Waals surface area contributed by atoms with Crippen LogP contribution in [0.25, 0.3) is 11.2 Å². The lowest BCUT2D eigenvalue weighted by Crippen LogP contribution is -2.44. The van der Waals surface area contributed by atoms with Gasteiger partial charge in [0.2, 0.25) is 5.91 Å². The largest absolute Gasteiger partial charge is 0.379 e. The Labute approximate surface area is 178 Å². The van der Waals surface area contributed by atoms with Crippen molar-refractivity contribution in [3.63, 3.8) is 0 Å². The summed E-state index contributed by atoms with van der Waals surface area (Å²) in [5, 5.41) is 3.10. The number of hydrogen-bond donors (Lipinski definition) is 1. The number of rotatable bonds is 6. The SMILES string of the molecule is Cn1c(=O)c2c(ncn2CC(=O)NC(CN2CCOCC2)c2ccccc2)n(C)c1=O. The third-order valence-electron chi connectivity index (χ3n) is 5.61. The second-order valence-corrected chi connectivity index (χ2v) is 7.69. The van der Waals surface area contributed by atoms with E-state index in [-0.39, 0.29) is 29.7 Å². The van der Waals surface area contributed by atoms with Crippen LogP contribution in [-0.2, 0) is 30.2 Å². The molecule has 4 rings (SSSR count). The van der Waals surface area contributed by atoms with Gasteiger partial charge < -0.3 is 14.6 Å². The number of nitrogens with zero attached hydrogens (tertiary/aromatic N) is 5. The van der Waals surface area contributed by atoms with Crippen LogP contribution in [0.4, 0.5) is 0 Å². The van der Waals surface area contributed by atoms with Gasteiger partial charge in [0.25, 0.3) is 5.56 Å². The summed E-state index contributed by atoms with van der Waals surface area (Å²) >= 11 is 0. The average molecular weight is 426 g/mol. The molecule has 1 aliphatic rings. The van der Waals surface area contributed by atoms with Gasteiger partial charge in [0.05, 0.1) is 25.6 Å². The molecule has 2 aromatic heterocycles.